The monoisotopic (exact) mass is 273 g/mol. The van der Waals surface area contributed by atoms with Crippen molar-refractivity contribution in [1.82, 2.24) is 5.32 Å². The van der Waals surface area contributed by atoms with Gasteiger partial charge in [0.25, 0.3) is 0 Å². The second-order valence-corrected chi connectivity index (χ2v) is 5.82. The van der Waals surface area contributed by atoms with Crippen LogP contribution < -0.4 is 10.1 Å². The summed E-state index contributed by atoms with van der Waals surface area (Å²) in [7, 11) is 0. The lowest BCUT2D eigenvalue weighted by Crippen LogP contribution is -2.25. The van der Waals surface area contributed by atoms with E-state index in [0.29, 0.717) is 6.04 Å². The molecule has 20 heavy (non-hydrogen) atoms. The van der Waals surface area contributed by atoms with Crippen molar-refractivity contribution in [3.63, 3.8) is 0 Å². The predicted octanol–water partition coefficient (Wildman–Crippen LogP) is 4.41. The van der Waals surface area contributed by atoms with Crippen molar-refractivity contribution in [3.8, 4) is 5.75 Å². The second kappa shape index (κ2) is 7.49. The Morgan fingerprint density at radius 1 is 1.45 bits per heavy atom. The maximum Gasteiger partial charge on any atom is 0.119 e. The maximum atomic E-state index is 5.85. The Labute approximate surface area is 123 Å². The van der Waals surface area contributed by atoms with E-state index in [-0.39, 0.29) is 0 Å². The molecule has 2 heteroatoms. The van der Waals surface area contributed by atoms with Gasteiger partial charge >= 0.3 is 0 Å². The fourth-order valence-corrected chi connectivity index (χ4v) is 2.74. The fraction of sp³-hybridized carbons (Fsp3) is 0.556. The zero-order valence-corrected chi connectivity index (χ0v) is 12.9. The Balaban J connectivity index is 2.04. The SMILES string of the molecule is C=C(C)CCOc1ccc2c(c1)C(NCCC)CCC2. The molecule has 1 aliphatic carbocycles. The van der Waals surface area contributed by atoms with Crippen LogP contribution in [0.15, 0.2) is 30.4 Å². The molecule has 0 fully saturated rings. The zero-order valence-electron chi connectivity index (χ0n) is 12.9. The highest BCUT2D eigenvalue weighted by molar-refractivity contribution is 5.39. The molecule has 0 bridgehead atoms. The molecule has 110 valence electrons. The molecule has 1 aliphatic rings. The van der Waals surface area contributed by atoms with Crippen molar-refractivity contribution in [2.45, 2.75) is 52.0 Å². The summed E-state index contributed by atoms with van der Waals surface area (Å²) in [6.07, 6.45) is 5.83. The van der Waals surface area contributed by atoms with Gasteiger partial charge in [0.15, 0.2) is 0 Å². The van der Waals surface area contributed by atoms with E-state index in [2.05, 4.69) is 37.0 Å². The van der Waals surface area contributed by atoms with Crippen molar-refractivity contribution in [2.24, 2.45) is 0 Å². The quantitative estimate of drug-likeness (QED) is 0.743. The number of hydrogen-bond acceptors (Lipinski definition) is 2. The maximum absolute atomic E-state index is 5.85. The Bertz CT molecular complexity index is 453. The molecule has 0 saturated carbocycles. The normalized spacial score (nSPS) is 17.6. The van der Waals surface area contributed by atoms with Gasteiger partial charge in [0, 0.05) is 12.5 Å². The topological polar surface area (TPSA) is 21.3 Å². The van der Waals surface area contributed by atoms with Crippen molar-refractivity contribution >= 4 is 0 Å². The highest BCUT2D eigenvalue weighted by Crippen LogP contribution is 2.32. The first kappa shape index (κ1) is 15.1. The minimum atomic E-state index is 0.503. The van der Waals surface area contributed by atoms with Crippen molar-refractivity contribution in [3.05, 3.63) is 41.5 Å². The average Bonchev–Trinajstić information content (AvgIpc) is 2.44. The van der Waals surface area contributed by atoms with Crippen LogP contribution in [0.4, 0.5) is 0 Å². The minimum absolute atomic E-state index is 0.503. The lowest BCUT2D eigenvalue weighted by Gasteiger charge is -2.27. The van der Waals surface area contributed by atoms with Gasteiger partial charge in [-0.15, -0.1) is 6.58 Å². The molecule has 1 aromatic rings. The van der Waals surface area contributed by atoms with Gasteiger partial charge in [-0.1, -0.05) is 18.6 Å². The van der Waals surface area contributed by atoms with E-state index in [1.165, 1.54) is 42.4 Å². The molecule has 0 aliphatic heterocycles. The summed E-state index contributed by atoms with van der Waals surface area (Å²) in [5, 5.41) is 3.66. The van der Waals surface area contributed by atoms with Crippen molar-refractivity contribution < 1.29 is 4.74 Å². The molecule has 1 unspecified atom stereocenters. The summed E-state index contributed by atoms with van der Waals surface area (Å²) >= 11 is 0. The first-order valence-corrected chi connectivity index (χ1v) is 7.84. The van der Waals surface area contributed by atoms with E-state index >= 15 is 0 Å². The standard InChI is InChI=1S/C18H27NO/c1-4-11-19-18-7-5-6-15-8-9-16(13-17(15)18)20-12-10-14(2)3/h8-9,13,18-19H,2,4-7,10-12H2,1,3H3. The van der Waals surface area contributed by atoms with Gasteiger partial charge in [0.1, 0.15) is 5.75 Å². The zero-order chi connectivity index (χ0) is 14.4. The molecule has 2 rings (SSSR count). The Morgan fingerprint density at radius 3 is 3.05 bits per heavy atom. The number of benzene rings is 1. The minimum Gasteiger partial charge on any atom is -0.493 e. The van der Waals surface area contributed by atoms with Crippen LogP contribution in [0.3, 0.4) is 0 Å². The number of hydrogen-bond donors (Lipinski definition) is 1. The number of ether oxygens (including phenoxy) is 1. The van der Waals surface area contributed by atoms with Gasteiger partial charge < -0.3 is 10.1 Å². The predicted molar refractivity (Wildman–Crippen MR) is 85.3 cm³/mol. The van der Waals surface area contributed by atoms with Crippen molar-refractivity contribution in [2.75, 3.05) is 13.2 Å². The van der Waals surface area contributed by atoms with Crippen LogP contribution in [0.2, 0.25) is 0 Å². The lowest BCUT2D eigenvalue weighted by atomic mass is 9.87. The highest BCUT2D eigenvalue weighted by atomic mass is 16.5. The Morgan fingerprint density at radius 2 is 2.30 bits per heavy atom. The summed E-state index contributed by atoms with van der Waals surface area (Å²) in [4.78, 5) is 0. The third-order valence-electron chi connectivity index (χ3n) is 3.87. The van der Waals surface area contributed by atoms with Gasteiger partial charge in [-0.2, -0.15) is 0 Å². The molecule has 1 N–H and O–H groups in total. The smallest absolute Gasteiger partial charge is 0.119 e. The first-order chi connectivity index (χ1) is 9.70. The molecule has 2 nitrogen and oxygen atoms in total. The fourth-order valence-electron chi connectivity index (χ4n) is 2.74. The molecule has 0 aromatic heterocycles. The first-order valence-electron chi connectivity index (χ1n) is 7.84. The van der Waals surface area contributed by atoms with Crippen molar-refractivity contribution in [1.29, 1.82) is 0 Å². The Kier molecular flexibility index (Phi) is 5.66. The van der Waals surface area contributed by atoms with Gasteiger partial charge in [-0.3, -0.25) is 0 Å². The third-order valence-corrected chi connectivity index (χ3v) is 3.87. The molecular formula is C18H27NO. The molecule has 0 heterocycles. The van der Waals surface area contributed by atoms with E-state index in [4.69, 9.17) is 4.74 Å². The van der Waals surface area contributed by atoms with Crippen LogP contribution in [-0.2, 0) is 6.42 Å². The molecule has 0 amide bonds. The van der Waals surface area contributed by atoms with E-state index in [9.17, 15) is 0 Å². The van der Waals surface area contributed by atoms with E-state index in [1.54, 1.807) is 0 Å². The van der Waals surface area contributed by atoms with Gasteiger partial charge in [-0.05, 0) is 62.4 Å². The number of rotatable bonds is 7. The van der Waals surface area contributed by atoms with Crippen LogP contribution in [0, 0.1) is 0 Å². The Hall–Kier alpha value is -1.28. The molecule has 1 atom stereocenters. The second-order valence-electron chi connectivity index (χ2n) is 5.82. The van der Waals surface area contributed by atoms with Crippen LogP contribution >= 0.6 is 0 Å². The number of aryl methyl sites for hydroxylation is 1. The van der Waals surface area contributed by atoms with Crippen LogP contribution in [0.1, 0.15) is 56.7 Å². The van der Waals surface area contributed by atoms with Crippen LogP contribution in [0.5, 0.6) is 5.75 Å². The van der Waals surface area contributed by atoms with Gasteiger partial charge in [0.05, 0.1) is 6.61 Å². The lowest BCUT2D eigenvalue weighted by molar-refractivity contribution is 0.320. The van der Waals surface area contributed by atoms with Crippen LogP contribution in [0.25, 0.3) is 0 Å². The molecule has 0 saturated heterocycles. The third kappa shape index (κ3) is 4.11. The van der Waals surface area contributed by atoms with E-state index in [0.717, 1.165) is 25.3 Å². The number of nitrogens with one attached hydrogen (secondary N) is 1. The summed E-state index contributed by atoms with van der Waals surface area (Å²) < 4.78 is 5.85. The van der Waals surface area contributed by atoms with Gasteiger partial charge in [-0.25, -0.2) is 0 Å². The van der Waals surface area contributed by atoms with Crippen LogP contribution in [-0.4, -0.2) is 13.2 Å². The van der Waals surface area contributed by atoms with Gasteiger partial charge in [0.2, 0.25) is 0 Å². The number of fused-ring (bicyclic) bond motifs is 1. The molecule has 0 radical (unpaired) electrons. The molecule has 0 spiro atoms. The molecule has 1 aromatic carbocycles. The summed E-state index contributed by atoms with van der Waals surface area (Å²) in [5.41, 5.74) is 4.10. The molecular weight excluding hydrogens is 246 g/mol. The van der Waals surface area contributed by atoms with E-state index < -0.39 is 0 Å². The summed E-state index contributed by atoms with van der Waals surface area (Å²) in [5.74, 6) is 0.996. The largest absolute Gasteiger partial charge is 0.493 e. The van der Waals surface area contributed by atoms with E-state index in [1.807, 2.05) is 6.92 Å². The highest BCUT2D eigenvalue weighted by Gasteiger charge is 2.19. The summed E-state index contributed by atoms with van der Waals surface area (Å²) in [6.45, 7) is 9.98. The average molecular weight is 273 g/mol. The summed E-state index contributed by atoms with van der Waals surface area (Å²) in [6, 6.07) is 7.09.